The minimum atomic E-state index is -0.361. The molecule has 1 aromatic heterocycles. The summed E-state index contributed by atoms with van der Waals surface area (Å²) < 4.78 is 0. The van der Waals surface area contributed by atoms with Crippen LogP contribution < -0.4 is 10.6 Å². The van der Waals surface area contributed by atoms with Gasteiger partial charge in [0.25, 0.3) is 0 Å². The van der Waals surface area contributed by atoms with Crippen molar-refractivity contribution >= 4 is 34.3 Å². The molecule has 2 N–H and O–H groups in total. The van der Waals surface area contributed by atoms with Crippen LogP contribution in [0.15, 0.2) is 17.5 Å². The molecule has 5 amide bonds. The van der Waals surface area contributed by atoms with Crippen molar-refractivity contribution in [3.63, 3.8) is 0 Å². The van der Waals surface area contributed by atoms with E-state index < -0.39 is 0 Å². The van der Waals surface area contributed by atoms with Gasteiger partial charge in [-0.25, -0.2) is 9.59 Å². The van der Waals surface area contributed by atoms with E-state index in [4.69, 9.17) is 0 Å². The van der Waals surface area contributed by atoms with E-state index in [2.05, 4.69) is 10.6 Å². The molecule has 0 saturated carbocycles. The van der Waals surface area contributed by atoms with E-state index in [1.807, 2.05) is 17.5 Å². The first-order valence-corrected chi connectivity index (χ1v) is 7.22. The third kappa shape index (κ3) is 2.34. The molecule has 2 aliphatic rings. The van der Waals surface area contributed by atoms with Crippen molar-refractivity contribution in [2.24, 2.45) is 0 Å². The molecule has 0 spiro atoms. The van der Waals surface area contributed by atoms with Gasteiger partial charge in [-0.1, -0.05) is 0 Å². The molecule has 0 aliphatic carbocycles. The zero-order valence-electron chi connectivity index (χ0n) is 10.7. The van der Waals surface area contributed by atoms with Gasteiger partial charge in [0.15, 0.2) is 0 Å². The second-order valence-electron chi connectivity index (χ2n) is 4.72. The summed E-state index contributed by atoms with van der Waals surface area (Å²) in [5.41, 5.74) is 0. The summed E-state index contributed by atoms with van der Waals surface area (Å²) in [6.45, 7) is 0.978. The predicted octanol–water partition coefficient (Wildman–Crippen LogP) is 0.906. The van der Waals surface area contributed by atoms with Gasteiger partial charge in [-0.15, -0.1) is 11.3 Å². The normalized spacial score (nSPS) is 22.3. The molecule has 20 heavy (non-hydrogen) atoms. The number of nitrogens with zero attached hydrogens (tertiary/aromatic N) is 2. The number of anilines is 1. The SMILES string of the molecule is O=C(Nc1cccs1)N1CCC(N2C(=O)CNC2=O)C1. The largest absolute Gasteiger partial charge is 0.329 e. The Balaban J connectivity index is 1.60. The lowest BCUT2D eigenvalue weighted by molar-refractivity contribution is -0.126. The fourth-order valence-corrected chi connectivity index (χ4v) is 3.08. The molecule has 2 aliphatic heterocycles. The highest BCUT2D eigenvalue weighted by molar-refractivity contribution is 7.14. The lowest BCUT2D eigenvalue weighted by Gasteiger charge is -2.21. The zero-order valence-corrected chi connectivity index (χ0v) is 11.5. The second kappa shape index (κ2) is 5.12. The second-order valence-corrected chi connectivity index (χ2v) is 5.67. The summed E-state index contributed by atoms with van der Waals surface area (Å²) in [6.07, 6.45) is 0.622. The highest BCUT2D eigenvalue weighted by Gasteiger charge is 2.39. The molecule has 0 bridgehead atoms. The summed E-state index contributed by atoms with van der Waals surface area (Å²) in [7, 11) is 0. The van der Waals surface area contributed by atoms with Gasteiger partial charge in [-0.05, 0) is 23.9 Å². The Morgan fingerprint density at radius 2 is 2.30 bits per heavy atom. The number of carbonyl (C=O) groups excluding carboxylic acids is 3. The Kier molecular flexibility index (Phi) is 3.31. The average molecular weight is 294 g/mol. The maximum Gasteiger partial charge on any atom is 0.324 e. The molecule has 2 fully saturated rings. The van der Waals surface area contributed by atoms with E-state index in [1.54, 1.807) is 4.90 Å². The monoisotopic (exact) mass is 294 g/mol. The Labute approximate surface area is 119 Å². The fourth-order valence-electron chi connectivity index (χ4n) is 2.48. The standard InChI is InChI=1S/C12H14N4O3S/c17-10-6-13-11(18)16(10)8-3-4-15(7-8)12(19)14-9-2-1-5-20-9/h1-2,5,8H,3-4,6-7H2,(H,13,18)(H,14,19). The van der Waals surface area contributed by atoms with Crippen LogP contribution in [0.2, 0.25) is 0 Å². The van der Waals surface area contributed by atoms with Crippen molar-refractivity contribution in [3.8, 4) is 0 Å². The highest BCUT2D eigenvalue weighted by atomic mass is 32.1. The third-order valence-corrected chi connectivity index (χ3v) is 4.23. The number of rotatable bonds is 2. The molecule has 3 heterocycles. The number of hydrogen-bond donors (Lipinski definition) is 2. The molecule has 8 heteroatoms. The lowest BCUT2D eigenvalue weighted by Crippen LogP contribution is -2.43. The summed E-state index contributed by atoms with van der Waals surface area (Å²) >= 11 is 1.45. The summed E-state index contributed by atoms with van der Waals surface area (Å²) in [6, 6.07) is 2.91. The van der Waals surface area contributed by atoms with Gasteiger partial charge in [-0.3, -0.25) is 15.0 Å². The van der Waals surface area contributed by atoms with Crippen LogP contribution in [-0.2, 0) is 4.79 Å². The molecular weight excluding hydrogens is 280 g/mol. The van der Waals surface area contributed by atoms with Gasteiger partial charge in [0, 0.05) is 13.1 Å². The summed E-state index contributed by atoms with van der Waals surface area (Å²) in [5.74, 6) is -0.222. The van der Waals surface area contributed by atoms with Crippen LogP contribution in [0.1, 0.15) is 6.42 Å². The van der Waals surface area contributed by atoms with E-state index >= 15 is 0 Å². The maximum atomic E-state index is 12.1. The van der Waals surface area contributed by atoms with E-state index in [0.29, 0.717) is 19.5 Å². The van der Waals surface area contributed by atoms with Gasteiger partial charge in [0.1, 0.15) is 0 Å². The van der Waals surface area contributed by atoms with Gasteiger partial charge in [0.2, 0.25) is 5.91 Å². The van der Waals surface area contributed by atoms with E-state index in [-0.39, 0.29) is 30.6 Å². The molecule has 0 aromatic carbocycles. The Morgan fingerprint density at radius 1 is 1.45 bits per heavy atom. The van der Waals surface area contributed by atoms with Crippen molar-refractivity contribution in [1.29, 1.82) is 0 Å². The molecule has 2 saturated heterocycles. The number of urea groups is 2. The van der Waals surface area contributed by atoms with Gasteiger partial charge >= 0.3 is 12.1 Å². The number of thiophene rings is 1. The molecule has 1 atom stereocenters. The lowest BCUT2D eigenvalue weighted by atomic mass is 10.2. The molecule has 7 nitrogen and oxygen atoms in total. The van der Waals surface area contributed by atoms with Crippen molar-refractivity contribution in [2.75, 3.05) is 25.0 Å². The number of hydrogen-bond acceptors (Lipinski definition) is 4. The van der Waals surface area contributed by atoms with Crippen molar-refractivity contribution < 1.29 is 14.4 Å². The van der Waals surface area contributed by atoms with Gasteiger partial charge in [-0.2, -0.15) is 0 Å². The minimum absolute atomic E-state index is 0.0523. The van der Waals surface area contributed by atoms with Crippen LogP contribution in [0.25, 0.3) is 0 Å². The minimum Gasteiger partial charge on any atom is -0.329 e. The smallest absolute Gasteiger partial charge is 0.324 e. The van der Waals surface area contributed by atoms with Gasteiger partial charge in [0.05, 0.1) is 17.6 Å². The van der Waals surface area contributed by atoms with Crippen LogP contribution in [0.4, 0.5) is 14.6 Å². The summed E-state index contributed by atoms with van der Waals surface area (Å²) in [4.78, 5) is 38.1. The Bertz CT molecular complexity index is 529. The first-order valence-electron chi connectivity index (χ1n) is 6.34. The number of amides is 5. The summed E-state index contributed by atoms with van der Waals surface area (Å²) in [5, 5.41) is 7.97. The fraction of sp³-hybridized carbons (Fsp3) is 0.417. The highest BCUT2D eigenvalue weighted by Crippen LogP contribution is 2.20. The van der Waals surface area contributed by atoms with E-state index in [0.717, 1.165) is 5.00 Å². The number of carbonyl (C=O) groups is 3. The molecular formula is C12H14N4O3S. The number of imide groups is 1. The van der Waals surface area contributed by atoms with Crippen molar-refractivity contribution in [2.45, 2.75) is 12.5 Å². The van der Waals surface area contributed by atoms with Crippen LogP contribution in [0.5, 0.6) is 0 Å². The first kappa shape index (κ1) is 12.9. The van der Waals surface area contributed by atoms with E-state index in [1.165, 1.54) is 16.2 Å². The molecule has 1 aromatic rings. The molecule has 1 unspecified atom stereocenters. The predicted molar refractivity (Wildman–Crippen MR) is 73.6 cm³/mol. The van der Waals surface area contributed by atoms with Gasteiger partial charge < -0.3 is 10.2 Å². The Morgan fingerprint density at radius 3 is 2.95 bits per heavy atom. The van der Waals surface area contributed by atoms with Crippen LogP contribution in [0.3, 0.4) is 0 Å². The number of nitrogens with one attached hydrogen (secondary N) is 2. The van der Waals surface area contributed by atoms with Crippen molar-refractivity contribution in [3.05, 3.63) is 17.5 Å². The topological polar surface area (TPSA) is 81.8 Å². The van der Waals surface area contributed by atoms with Crippen molar-refractivity contribution in [1.82, 2.24) is 15.1 Å². The van der Waals surface area contributed by atoms with E-state index in [9.17, 15) is 14.4 Å². The molecule has 106 valence electrons. The first-order chi connectivity index (χ1) is 9.65. The van der Waals surface area contributed by atoms with Crippen LogP contribution >= 0.6 is 11.3 Å². The molecule has 3 rings (SSSR count). The number of likely N-dealkylation sites (tertiary alicyclic amines) is 1. The maximum absolute atomic E-state index is 12.1. The molecule has 0 radical (unpaired) electrons. The Hall–Kier alpha value is -2.09. The third-order valence-electron chi connectivity index (χ3n) is 3.45. The van der Waals surface area contributed by atoms with Crippen LogP contribution in [-0.4, -0.2) is 53.4 Å². The zero-order chi connectivity index (χ0) is 14.1. The average Bonchev–Trinajstić information content (AvgIpc) is 3.11. The quantitative estimate of drug-likeness (QED) is 0.795. The van der Waals surface area contributed by atoms with Crippen LogP contribution in [0, 0.1) is 0 Å².